The Bertz CT molecular complexity index is 1390. The molecule has 3 aromatic carbocycles. The number of hydrogen-bond acceptors (Lipinski definition) is 4. The van der Waals surface area contributed by atoms with Crippen LogP contribution in [0.15, 0.2) is 72.8 Å². The van der Waals surface area contributed by atoms with Gasteiger partial charge in [-0.2, -0.15) is 13.2 Å². The van der Waals surface area contributed by atoms with E-state index in [1.807, 2.05) is 13.0 Å². The molecule has 1 aliphatic rings. The maximum Gasteiger partial charge on any atom is 0.416 e. The number of carbonyl (C=O) groups excluding carboxylic acids is 1. The topological polar surface area (TPSA) is 41.4 Å². The van der Waals surface area contributed by atoms with Gasteiger partial charge in [0.2, 0.25) is 0 Å². The first-order chi connectivity index (χ1) is 18.7. The fourth-order valence-corrected chi connectivity index (χ4v) is 4.75. The third-order valence-electron chi connectivity index (χ3n) is 6.89. The number of carbonyl (C=O) groups is 1. The van der Waals surface area contributed by atoms with Crippen molar-refractivity contribution < 1.29 is 18.0 Å². The van der Waals surface area contributed by atoms with Crippen LogP contribution in [0.4, 0.5) is 13.2 Å². The number of aryl methyl sites for hydroxylation is 1. The van der Waals surface area contributed by atoms with Crippen molar-refractivity contribution in [1.29, 1.82) is 0 Å². The Labute approximate surface area is 227 Å². The van der Waals surface area contributed by atoms with Crippen molar-refractivity contribution in [2.45, 2.75) is 39.4 Å². The molecule has 0 N–H and O–H groups in total. The summed E-state index contributed by atoms with van der Waals surface area (Å²) in [7, 11) is 2.20. The molecule has 4 aromatic rings. The minimum atomic E-state index is -4.39. The molecule has 0 bridgehead atoms. The van der Waals surface area contributed by atoms with Crippen molar-refractivity contribution in [2.75, 3.05) is 33.2 Å². The number of Topliss-reactive ketones (excluding diaryl/α,β-unsaturated/α-hetero) is 1. The summed E-state index contributed by atoms with van der Waals surface area (Å²) < 4.78 is 39.1. The van der Waals surface area contributed by atoms with Crippen LogP contribution in [0, 0.1) is 6.92 Å². The van der Waals surface area contributed by atoms with Crippen LogP contribution in [0.5, 0.6) is 0 Å². The van der Waals surface area contributed by atoms with Crippen molar-refractivity contribution in [1.82, 2.24) is 19.4 Å². The highest BCUT2D eigenvalue weighted by Gasteiger charge is 2.30. The summed E-state index contributed by atoms with van der Waals surface area (Å²) in [6.07, 6.45) is -3.47. The van der Waals surface area contributed by atoms with Crippen LogP contribution in [0.3, 0.4) is 0 Å². The van der Waals surface area contributed by atoms with Gasteiger partial charge >= 0.3 is 6.18 Å². The SMILES string of the molecule is CCCC(=O)c1cccc(C(F)(F)F)c1.Cc1nc2cc(CN3CCN(C)CC3)ccc2n1-c1ccccc1. The number of benzene rings is 3. The van der Waals surface area contributed by atoms with Crippen molar-refractivity contribution >= 4 is 16.8 Å². The lowest BCUT2D eigenvalue weighted by Gasteiger charge is -2.32. The minimum absolute atomic E-state index is 0.131. The standard InChI is InChI=1S/C20H24N4.C11H11F3O/c1-16-21-19-14-17(15-23-12-10-22(2)11-13-23)8-9-20(19)24(16)18-6-4-3-5-7-18;1-2-4-10(15)8-5-3-6-9(7-8)11(12,13)14/h3-9,14H,10-13,15H2,1-2H3;3,5-7H,2,4H2,1H3. The van der Waals surface area contributed by atoms with Gasteiger partial charge in [0.1, 0.15) is 5.82 Å². The van der Waals surface area contributed by atoms with E-state index in [0.29, 0.717) is 6.42 Å². The van der Waals surface area contributed by atoms with Crippen molar-refractivity contribution in [3.8, 4) is 5.69 Å². The molecule has 5 rings (SSSR count). The van der Waals surface area contributed by atoms with Gasteiger partial charge in [0.05, 0.1) is 16.6 Å². The number of imidazole rings is 1. The summed E-state index contributed by atoms with van der Waals surface area (Å²) in [6.45, 7) is 9.51. The zero-order chi connectivity index (χ0) is 28.0. The Balaban J connectivity index is 0.000000204. The van der Waals surface area contributed by atoms with Crippen LogP contribution in [0.25, 0.3) is 16.7 Å². The Morgan fingerprint density at radius 3 is 2.31 bits per heavy atom. The number of hydrogen-bond donors (Lipinski definition) is 0. The molecule has 1 aliphatic heterocycles. The molecule has 1 fully saturated rings. The van der Waals surface area contributed by atoms with Crippen LogP contribution in [0.2, 0.25) is 0 Å². The number of fused-ring (bicyclic) bond motifs is 1. The van der Waals surface area contributed by atoms with Gasteiger partial charge in [-0.3, -0.25) is 14.3 Å². The van der Waals surface area contributed by atoms with E-state index < -0.39 is 11.7 Å². The maximum atomic E-state index is 12.3. The van der Waals surface area contributed by atoms with E-state index in [1.54, 1.807) is 0 Å². The Hall–Kier alpha value is -3.49. The second kappa shape index (κ2) is 12.6. The molecule has 1 aromatic heterocycles. The lowest BCUT2D eigenvalue weighted by Crippen LogP contribution is -2.43. The van der Waals surface area contributed by atoms with E-state index in [9.17, 15) is 18.0 Å². The lowest BCUT2D eigenvalue weighted by molar-refractivity contribution is -0.137. The number of halogens is 3. The van der Waals surface area contributed by atoms with Gasteiger partial charge in [0.25, 0.3) is 0 Å². The number of alkyl halides is 3. The van der Waals surface area contributed by atoms with Gasteiger partial charge in [-0.1, -0.05) is 43.3 Å². The van der Waals surface area contributed by atoms with E-state index >= 15 is 0 Å². The number of piperazine rings is 1. The van der Waals surface area contributed by atoms with Gasteiger partial charge in [-0.25, -0.2) is 4.98 Å². The zero-order valence-electron chi connectivity index (χ0n) is 22.7. The third kappa shape index (κ3) is 7.34. The van der Waals surface area contributed by atoms with Gasteiger partial charge < -0.3 is 4.90 Å². The Kier molecular flexibility index (Phi) is 9.20. The average molecular weight is 537 g/mol. The molecule has 2 heterocycles. The van der Waals surface area contributed by atoms with E-state index in [2.05, 4.69) is 70.8 Å². The number of ketones is 1. The Morgan fingerprint density at radius 2 is 1.64 bits per heavy atom. The van der Waals surface area contributed by atoms with Crippen LogP contribution in [-0.4, -0.2) is 58.4 Å². The fourth-order valence-electron chi connectivity index (χ4n) is 4.75. The highest BCUT2D eigenvalue weighted by atomic mass is 19.4. The highest BCUT2D eigenvalue weighted by Crippen LogP contribution is 2.30. The van der Waals surface area contributed by atoms with E-state index in [4.69, 9.17) is 4.98 Å². The molecule has 1 saturated heterocycles. The predicted octanol–water partition coefficient (Wildman–Crippen LogP) is 6.77. The number of para-hydroxylation sites is 1. The number of rotatable bonds is 6. The first kappa shape index (κ1) is 28.5. The molecule has 0 spiro atoms. The normalized spacial score (nSPS) is 14.7. The smallest absolute Gasteiger partial charge is 0.304 e. The van der Waals surface area contributed by atoms with E-state index in [1.165, 1.54) is 28.9 Å². The van der Waals surface area contributed by atoms with Gasteiger partial charge in [-0.05, 0) is 62.4 Å². The summed E-state index contributed by atoms with van der Waals surface area (Å²) in [5.74, 6) is 0.788. The molecule has 39 heavy (non-hydrogen) atoms. The fraction of sp³-hybridized carbons (Fsp3) is 0.355. The summed E-state index contributed by atoms with van der Waals surface area (Å²) in [5.41, 5.74) is 4.15. The first-order valence-corrected chi connectivity index (χ1v) is 13.3. The van der Waals surface area contributed by atoms with E-state index in [0.717, 1.165) is 56.2 Å². The van der Waals surface area contributed by atoms with Crippen LogP contribution in [0.1, 0.15) is 47.1 Å². The molecule has 5 nitrogen and oxygen atoms in total. The van der Waals surface area contributed by atoms with E-state index in [-0.39, 0.29) is 17.8 Å². The summed E-state index contributed by atoms with van der Waals surface area (Å²) >= 11 is 0. The Morgan fingerprint density at radius 1 is 0.923 bits per heavy atom. The molecule has 0 unspecified atom stereocenters. The third-order valence-corrected chi connectivity index (χ3v) is 6.89. The van der Waals surface area contributed by atoms with Crippen molar-refractivity contribution in [3.63, 3.8) is 0 Å². The summed E-state index contributed by atoms with van der Waals surface area (Å²) in [4.78, 5) is 21.1. The monoisotopic (exact) mass is 536 g/mol. The molecule has 206 valence electrons. The first-order valence-electron chi connectivity index (χ1n) is 13.3. The average Bonchev–Trinajstić information content (AvgIpc) is 3.25. The zero-order valence-corrected chi connectivity index (χ0v) is 22.7. The maximum absolute atomic E-state index is 12.3. The summed E-state index contributed by atoms with van der Waals surface area (Å²) in [5, 5.41) is 0. The second-order valence-corrected chi connectivity index (χ2v) is 9.98. The van der Waals surface area contributed by atoms with Gasteiger partial charge in [0.15, 0.2) is 5.78 Å². The molecular formula is C31H35F3N4O. The number of likely N-dealkylation sites (N-methyl/N-ethyl adjacent to an activating group) is 1. The van der Waals surface area contributed by atoms with Gasteiger partial charge in [0, 0.05) is 50.4 Å². The van der Waals surface area contributed by atoms with Crippen molar-refractivity contribution in [2.24, 2.45) is 0 Å². The molecular weight excluding hydrogens is 501 g/mol. The van der Waals surface area contributed by atoms with Crippen LogP contribution >= 0.6 is 0 Å². The molecule has 8 heteroatoms. The quantitative estimate of drug-likeness (QED) is 0.255. The highest BCUT2D eigenvalue weighted by molar-refractivity contribution is 5.96. The lowest BCUT2D eigenvalue weighted by atomic mass is 10.0. The molecule has 0 atom stereocenters. The molecule has 0 saturated carbocycles. The molecule has 0 amide bonds. The number of nitrogens with zero attached hydrogens (tertiary/aromatic N) is 4. The minimum Gasteiger partial charge on any atom is -0.304 e. The second-order valence-electron chi connectivity index (χ2n) is 9.98. The van der Waals surface area contributed by atoms with Crippen LogP contribution in [-0.2, 0) is 12.7 Å². The van der Waals surface area contributed by atoms with Crippen molar-refractivity contribution in [3.05, 3.63) is 95.3 Å². The summed E-state index contributed by atoms with van der Waals surface area (Å²) in [6, 6.07) is 21.7. The molecule has 0 aliphatic carbocycles. The molecule has 0 radical (unpaired) electrons. The van der Waals surface area contributed by atoms with Gasteiger partial charge in [-0.15, -0.1) is 0 Å². The van der Waals surface area contributed by atoms with Crippen LogP contribution < -0.4 is 0 Å². The number of aromatic nitrogens is 2. The predicted molar refractivity (Wildman–Crippen MR) is 149 cm³/mol. The largest absolute Gasteiger partial charge is 0.416 e.